The summed E-state index contributed by atoms with van der Waals surface area (Å²) in [5, 5.41) is 0. The smallest absolute Gasteiger partial charge is 0.139 e. The summed E-state index contributed by atoms with van der Waals surface area (Å²) < 4.78 is 0. The van der Waals surface area contributed by atoms with E-state index in [1.165, 1.54) is 12.8 Å². The Kier molecular flexibility index (Phi) is 2.45. The van der Waals surface area contributed by atoms with E-state index in [0.29, 0.717) is 11.7 Å². The van der Waals surface area contributed by atoms with Crippen LogP contribution in [0.2, 0.25) is 0 Å². The molecule has 2 aliphatic carbocycles. The molecule has 2 aliphatic rings. The molecule has 0 aromatic heterocycles. The highest BCUT2D eigenvalue weighted by atomic mass is 16.1. The van der Waals surface area contributed by atoms with Crippen molar-refractivity contribution < 1.29 is 4.79 Å². The maximum Gasteiger partial charge on any atom is 0.139 e. The second kappa shape index (κ2) is 3.36. The van der Waals surface area contributed by atoms with Gasteiger partial charge in [0.15, 0.2) is 0 Å². The monoisotopic (exact) mass is 194 g/mol. The number of fused-ring (bicyclic) bond motifs is 1. The first-order chi connectivity index (χ1) is 6.54. The molecule has 0 aromatic rings. The van der Waals surface area contributed by atoms with E-state index in [4.69, 9.17) is 0 Å². The molecule has 14 heavy (non-hydrogen) atoms. The van der Waals surface area contributed by atoms with Crippen molar-refractivity contribution in [3.63, 3.8) is 0 Å². The number of rotatable bonds is 0. The van der Waals surface area contributed by atoms with Gasteiger partial charge < -0.3 is 0 Å². The summed E-state index contributed by atoms with van der Waals surface area (Å²) in [4.78, 5) is 12.0. The molecule has 2 fully saturated rings. The Hall–Kier alpha value is -0.330. The minimum absolute atomic E-state index is 0.0458. The standard InChI is InChI=1S/C13H22O/c1-9-6-7-13(3)11(8-9)10(2)4-5-12(13)14/h9-11H,4-8H2,1-3H3. The van der Waals surface area contributed by atoms with Crippen LogP contribution in [0.5, 0.6) is 0 Å². The van der Waals surface area contributed by atoms with Crippen LogP contribution in [-0.2, 0) is 4.79 Å². The highest BCUT2D eigenvalue weighted by Gasteiger charge is 2.48. The van der Waals surface area contributed by atoms with Gasteiger partial charge in [0.25, 0.3) is 0 Å². The summed E-state index contributed by atoms with van der Waals surface area (Å²) in [6.07, 6.45) is 5.64. The third kappa shape index (κ3) is 1.41. The van der Waals surface area contributed by atoms with Gasteiger partial charge in [-0.05, 0) is 43.4 Å². The molecular weight excluding hydrogens is 172 g/mol. The maximum atomic E-state index is 12.0. The van der Waals surface area contributed by atoms with Gasteiger partial charge in [0, 0.05) is 11.8 Å². The molecule has 0 heterocycles. The van der Waals surface area contributed by atoms with Gasteiger partial charge in [-0.1, -0.05) is 20.8 Å². The van der Waals surface area contributed by atoms with Crippen LogP contribution in [0.1, 0.15) is 52.9 Å². The van der Waals surface area contributed by atoms with E-state index in [1.54, 1.807) is 0 Å². The number of ketones is 1. The maximum absolute atomic E-state index is 12.0. The summed E-state index contributed by atoms with van der Waals surface area (Å²) in [7, 11) is 0. The summed E-state index contributed by atoms with van der Waals surface area (Å²) in [6, 6.07) is 0. The minimum Gasteiger partial charge on any atom is -0.299 e. The van der Waals surface area contributed by atoms with Gasteiger partial charge in [0.2, 0.25) is 0 Å². The van der Waals surface area contributed by atoms with Gasteiger partial charge in [-0.15, -0.1) is 0 Å². The average Bonchev–Trinajstić information content (AvgIpc) is 2.16. The summed E-state index contributed by atoms with van der Waals surface area (Å²) in [5.74, 6) is 2.82. The van der Waals surface area contributed by atoms with Crippen molar-refractivity contribution >= 4 is 5.78 Å². The molecule has 0 aromatic carbocycles. The Morgan fingerprint density at radius 2 is 2.00 bits per heavy atom. The molecule has 80 valence electrons. The van der Waals surface area contributed by atoms with Crippen LogP contribution < -0.4 is 0 Å². The van der Waals surface area contributed by atoms with Crippen LogP contribution in [0.25, 0.3) is 0 Å². The Morgan fingerprint density at radius 1 is 1.29 bits per heavy atom. The fraction of sp³-hybridized carbons (Fsp3) is 0.923. The molecule has 0 radical (unpaired) electrons. The molecule has 1 nitrogen and oxygen atoms in total. The van der Waals surface area contributed by atoms with Gasteiger partial charge in [0.05, 0.1) is 0 Å². The van der Waals surface area contributed by atoms with Gasteiger partial charge >= 0.3 is 0 Å². The van der Waals surface area contributed by atoms with Crippen molar-refractivity contribution in [1.29, 1.82) is 0 Å². The summed E-state index contributed by atoms with van der Waals surface area (Å²) in [6.45, 7) is 6.90. The largest absolute Gasteiger partial charge is 0.299 e. The van der Waals surface area contributed by atoms with Crippen LogP contribution >= 0.6 is 0 Å². The predicted molar refractivity (Wildman–Crippen MR) is 58.0 cm³/mol. The quantitative estimate of drug-likeness (QED) is 0.577. The highest BCUT2D eigenvalue weighted by molar-refractivity contribution is 5.85. The first kappa shape index (κ1) is 10.2. The molecule has 4 unspecified atom stereocenters. The zero-order valence-electron chi connectivity index (χ0n) is 9.68. The van der Waals surface area contributed by atoms with E-state index in [2.05, 4.69) is 20.8 Å². The van der Waals surface area contributed by atoms with Gasteiger partial charge in [-0.3, -0.25) is 4.79 Å². The van der Waals surface area contributed by atoms with E-state index in [-0.39, 0.29) is 5.41 Å². The lowest BCUT2D eigenvalue weighted by Gasteiger charge is -2.48. The van der Waals surface area contributed by atoms with Crippen molar-refractivity contribution in [3.8, 4) is 0 Å². The number of hydrogen-bond donors (Lipinski definition) is 0. The molecule has 0 spiro atoms. The van der Waals surface area contributed by atoms with Crippen molar-refractivity contribution in [2.45, 2.75) is 52.9 Å². The molecule has 1 heteroatoms. The lowest BCUT2D eigenvalue weighted by Crippen LogP contribution is -2.46. The van der Waals surface area contributed by atoms with Crippen LogP contribution in [0.15, 0.2) is 0 Å². The highest BCUT2D eigenvalue weighted by Crippen LogP contribution is 2.51. The fourth-order valence-corrected chi connectivity index (χ4v) is 3.60. The molecule has 0 N–H and O–H groups in total. The Labute approximate surface area is 87.3 Å². The van der Waals surface area contributed by atoms with Crippen LogP contribution in [0, 0.1) is 23.2 Å². The van der Waals surface area contributed by atoms with E-state index in [1.807, 2.05) is 0 Å². The Bertz CT molecular complexity index is 246. The SMILES string of the molecule is CC1CCC2(C)C(=O)CCC(C)C2C1. The van der Waals surface area contributed by atoms with E-state index in [0.717, 1.165) is 31.1 Å². The molecule has 0 bridgehead atoms. The Morgan fingerprint density at radius 3 is 2.71 bits per heavy atom. The third-order valence-corrected chi connectivity index (χ3v) is 4.78. The second-order valence-electron chi connectivity index (χ2n) is 5.84. The molecule has 2 saturated carbocycles. The second-order valence-corrected chi connectivity index (χ2v) is 5.84. The lowest BCUT2D eigenvalue weighted by molar-refractivity contribution is -0.140. The molecule has 0 aliphatic heterocycles. The molecule has 2 rings (SSSR count). The van der Waals surface area contributed by atoms with Gasteiger partial charge in [0.1, 0.15) is 5.78 Å². The summed E-state index contributed by atoms with van der Waals surface area (Å²) in [5.41, 5.74) is 0.0458. The predicted octanol–water partition coefficient (Wildman–Crippen LogP) is 3.43. The molecule has 0 amide bonds. The van der Waals surface area contributed by atoms with Crippen molar-refractivity contribution in [2.24, 2.45) is 23.2 Å². The van der Waals surface area contributed by atoms with Gasteiger partial charge in [-0.2, -0.15) is 0 Å². The van der Waals surface area contributed by atoms with Crippen molar-refractivity contribution in [2.75, 3.05) is 0 Å². The number of hydrogen-bond acceptors (Lipinski definition) is 1. The van der Waals surface area contributed by atoms with E-state index < -0.39 is 0 Å². The summed E-state index contributed by atoms with van der Waals surface area (Å²) >= 11 is 0. The number of carbonyl (C=O) groups is 1. The number of carbonyl (C=O) groups excluding carboxylic acids is 1. The fourth-order valence-electron chi connectivity index (χ4n) is 3.60. The molecule has 0 saturated heterocycles. The topological polar surface area (TPSA) is 17.1 Å². The van der Waals surface area contributed by atoms with E-state index >= 15 is 0 Å². The Balaban J connectivity index is 2.24. The van der Waals surface area contributed by atoms with Crippen molar-refractivity contribution in [1.82, 2.24) is 0 Å². The van der Waals surface area contributed by atoms with Crippen LogP contribution in [0.3, 0.4) is 0 Å². The normalized spacial score (nSPS) is 48.8. The minimum atomic E-state index is 0.0458. The van der Waals surface area contributed by atoms with Gasteiger partial charge in [-0.25, -0.2) is 0 Å². The molecular formula is C13H22O. The van der Waals surface area contributed by atoms with Crippen LogP contribution in [0.4, 0.5) is 0 Å². The third-order valence-electron chi connectivity index (χ3n) is 4.78. The van der Waals surface area contributed by atoms with Crippen molar-refractivity contribution in [3.05, 3.63) is 0 Å². The zero-order valence-corrected chi connectivity index (χ0v) is 9.68. The molecule has 4 atom stereocenters. The first-order valence-electron chi connectivity index (χ1n) is 6.07. The van der Waals surface area contributed by atoms with Crippen LogP contribution in [-0.4, -0.2) is 5.78 Å². The zero-order chi connectivity index (χ0) is 10.3. The average molecular weight is 194 g/mol. The number of Topliss-reactive ketones (excluding diaryl/α,β-unsaturated/α-hetero) is 1. The first-order valence-corrected chi connectivity index (χ1v) is 6.07. The lowest BCUT2D eigenvalue weighted by atomic mass is 9.55. The van der Waals surface area contributed by atoms with E-state index in [9.17, 15) is 4.79 Å².